The van der Waals surface area contributed by atoms with E-state index < -0.39 is 35.9 Å². The Morgan fingerprint density at radius 3 is 2.37 bits per heavy atom. The van der Waals surface area contributed by atoms with Gasteiger partial charge in [-0.3, -0.25) is 14.4 Å². The van der Waals surface area contributed by atoms with E-state index in [4.69, 9.17) is 16.3 Å². The number of ether oxygens (including phenoxy) is 1. The molecule has 0 aliphatic heterocycles. The van der Waals surface area contributed by atoms with Crippen LogP contribution in [0.4, 0.5) is 24.5 Å². The van der Waals surface area contributed by atoms with Crippen LogP contribution in [0.3, 0.4) is 0 Å². The van der Waals surface area contributed by atoms with Crippen LogP contribution in [0, 0.1) is 0 Å². The van der Waals surface area contributed by atoms with E-state index in [1.807, 2.05) is 0 Å². The number of benzene rings is 2. The minimum Gasteiger partial charge on any atom is -0.456 e. The fourth-order valence-corrected chi connectivity index (χ4v) is 2.62. The molecule has 0 fully saturated rings. The molecule has 2 rings (SSSR count). The second-order valence-corrected chi connectivity index (χ2v) is 6.60. The summed E-state index contributed by atoms with van der Waals surface area (Å²) in [6.45, 7) is -0.736. The Kier molecular flexibility index (Phi) is 8.23. The van der Waals surface area contributed by atoms with Gasteiger partial charge in [0, 0.05) is 23.6 Å². The molecule has 30 heavy (non-hydrogen) atoms. The molecule has 0 unspecified atom stereocenters. The summed E-state index contributed by atoms with van der Waals surface area (Å²) in [5, 5.41) is 5.15. The average Bonchev–Trinajstić information content (AvgIpc) is 2.66. The van der Waals surface area contributed by atoms with Gasteiger partial charge in [-0.05, 0) is 36.8 Å². The Morgan fingerprint density at radius 2 is 1.67 bits per heavy atom. The highest BCUT2D eigenvalue weighted by atomic mass is 35.5. The zero-order valence-corrected chi connectivity index (χ0v) is 16.3. The molecule has 0 saturated carbocycles. The maximum absolute atomic E-state index is 12.9. The van der Waals surface area contributed by atoms with Gasteiger partial charge in [0.05, 0.1) is 11.3 Å². The van der Waals surface area contributed by atoms with Crippen LogP contribution in [0.2, 0.25) is 5.02 Å². The number of anilines is 2. The topological polar surface area (TPSA) is 84.5 Å². The fraction of sp³-hybridized carbons (Fsp3) is 0.250. The minimum atomic E-state index is -4.63. The molecule has 0 atom stereocenters. The van der Waals surface area contributed by atoms with Crippen molar-refractivity contribution in [2.45, 2.75) is 25.4 Å². The minimum absolute atomic E-state index is 0.0345. The zero-order chi connectivity index (χ0) is 22.1. The number of amides is 2. The molecule has 0 radical (unpaired) electrons. The first kappa shape index (κ1) is 23.2. The predicted molar refractivity (Wildman–Crippen MR) is 105 cm³/mol. The van der Waals surface area contributed by atoms with Crippen LogP contribution in [0.5, 0.6) is 0 Å². The van der Waals surface area contributed by atoms with Gasteiger partial charge < -0.3 is 15.4 Å². The molecular weight excluding hydrogens is 425 g/mol. The Labute approximate surface area is 175 Å². The van der Waals surface area contributed by atoms with E-state index in [0.29, 0.717) is 10.7 Å². The number of nitrogens with one attached hydrogen (secondary N) is 2. The molecule has 2 N–H and O–H groups in total. The molecule has 160 valence electrons. The lowest BCUT2D eigenvalue weighted by Crippen LogP contribution is -2.22. The highest BCUT2D eigenvalue weighted by Crippen LogP contribution is 2.34. The normalized spacial score (nSPS) is 10.9. The molecule has 0 aliphatic carbocycles. The van der Waals surface area contributed by atoms with Gasteiger partial charge in [0.2, 0.25) is 5.91 Å². The molecule has 0 aromatic heterocycles. The molecule has 2 aromatic rings. The lowest BCUT2D eigenvalue weighted by Gasteiger charge is -2.13. The Balaban J connectivity index is 1.71. The highest BCUT2D eigenvalue weighted by Gasteiger charge is 2.33. The van der Waals surface area contributed by atoms with Gasteiger partial charge in [-0.1, -0.05) is 29.8 Å². The van der Waals surface area contributed by atoms with Crippen LogP contribution >= 0.6 is 11.6 Å². The van der Waals surface area contributed by atoms with Crippen molar-refractivity contribution < 1.29 is 32.3 Å². The van der Waals surface area contributed by atoms with Crippen molar-refractivity contribution in [1.82, 2.24) is 0 Å². The van der Waals surface area contributed by atoms with Gasteiger partial charge in [-0.15, -0.1) is 0 Å². The van der Waals surface area contributed by atoms with Crippen molar-refractivity contribution in [3.63, 3.8) is 0 Å². The van der Waals surface area contributed by atoms with Crippen molar-refractivity contribution in [1.29, 1.82) is 0 Å². The molecule has 2 amide bonds. The third-order valence-corrected chi connectivity index (χ3v) is 4.00. The summed E-state index contributed by atoms with van der Waals surface area (Å²) in [7, 11) is 0. The first-order chi connectivity index (χ1) is 14.1. The van der Waals surface area contributed by atoms with E-state index in [0.717, 1.165) is 12.1 Å². The van der Waals surface area contributed by atoms with Crippen LogP contribution in [0.1, 0.15) is 24.8 Å². The van der Waals surface area contributed by atoms with Crippen molar-refractivity contribution in [3.8, 4) is 0 Å². The summed E-state index contributed by atoms with van der Waals surface area (Å²) in [6.07, 6.45) is -4.56. The Morgan fingerprint density at radius 1 is 0.933 bits per heavy atom. The standard InChI is InChI=1S/C20H18ClF3N2O4/c21-13-5-3-6-14(11-13)25-17(27)9-4-10-19(29)30-12-18(28)26-16-8-2-1-7-15(16)20(22,23)24/h1-3,5-8,11H,4,9-10,12H2,(H,25,27)(H,26,28). The van der Waals surface area contributed by atoms with Crippen molar-refractivity contribution in [2.24, 2.45) is 0 Å². The molecule has 0 bridgehead atoms. The van der Waals surface area contributed by atoms with Crippen LogP contribution in [-0.4, -0.2) is 24.4 Å². The molecule has 10 heteroatoms. The van der Waals surface area contributed by atoms with Gasteiger partial charge in [0.15, 0.2) is 6.61 Å². The first-order valence-corrected chi connectivity index (χ1v) is 9.20. The lowest BCUT2D eigenvalue weighted by atomic mass is 10.1. The van der Waals surface area contributed by atoms with Gasteiger partial charge >= 0.3 is 12.1 Å². The average molecular weight is 443 g/mol. The van der Waals surface area contributed by atoms with Gasteiger partial charge in [0.25, 0.3) is 5.91 Å². The molecule has 2 aromatic carbocycles. The van der Waals surface area contributed by atoms with Gasteiger partial charge in [0.1, 0.15) is 0 Å². The van der Waals surface area contributed by atoms with Crippen LogP contribution in [-0.2, 0) is 25.3 Å². The second kappa shape index (κ2) is 10.6. The number of carbonyl (C=O) groups excluding carboxylic acids is 3. The van der Waals surface area contributed by atoms with Crippen LogP contribution in [0.25, 0.3) is 0 Å². The van der Waals surface area contributed by atoms with E-state index in [2.05, 4.69) is 10.6 Å². The Bertz CT molecular complexity index is 919. The number of hydrogen-bond acceptors (Lipinski definition) is 4. The number of carbonyl (C=O) groups is 3. The summed E-state index contributed by atoms with van der Waals surface area (Å²) >= 11 is 5.82. The fourth-order valence-electron chi connectivity index (χ4n) is 2.43. The van der Waals surface area contributed by atoms with Crippen molar-refractivity contribution in [2.75, 3.05) is 17.2 Å². The number of hydrogen-bond donors (Lipinski definition) is 2. The van der Waals surface area contributed by atoms with Gasteiger partial charge in [-0.2, -0.15) is 13.2 Å². The number of esters is 1. The summed E-state index contributed by atoms with van der Waals surface area (Å²) in [5.41, 5.74) is -0.912. The number of halogens is 4. The molecule has 0 aliphatic rings. The monoisotopic (exact) mass is 442 g/mol. The maximum atomic E-state index is 12.9. The SMILES string of the molecule is O=C(CCCC(=O)OCC(=O)Nc1ccccc1C(F)(F)F)Nc1cccc(Cl)c1. The first-order valence-electron chi connectivity index (χ1n) is 8.82. The van der Waals surface area contributed by atoms with Crippen molar-refractivity contribution in [3.05, 3.63) is 59.1 Å². The number of rotatable bonds is 8. The van der Waals surface area contributed by atoms with Gasteiger partial charge in [-0.25, -0.2) is 0 Å². The van der Waals surface area contributed by atoms with E-state index in [-0.39, 0.29) is 25.2 Å². The third-order valence-electron chi connectivity index (χ3n) is 3.76. The summed E-state index contributed by atoms with van der Waals surface area (Å²) < 4.78 is 43.4. The van der Waals surface area contributed by atoms with E-state index >= 15 is 0 Å². The number of para-hydroxylation sites is 1. The van der Waals surface area contributed by atoms with E-state index in [9.17, 15) is 27.6 Å². The number of alkyl halides is 3. The Hall–Kier alpha value is -3.07. The molecule has 6 nitrogen and oxygen atoms in total. The summed E-state index contributed by atoms with van der Waals surface area (Å²) in [5.74, 6) is -1.98. The maximum Gasteiger partial charge on any atom is 0.418 e. The quantitative estimate of drug-likeness (QED) is 0.583. The molecule has 0 heterocycles. The van der Waals surface area contributed by atoms with E-state index in [1.165, 1.54) is 12.1 Å². The largest absolute Gasteiger partial charge is 0.456 e. The lowest BCUT2D eigenvalue weighted by molar-refractivity contribution is -0.147. The predicted octanol–water partition coefficient (Wildman–Crippen LogP) is 4.65. The second-order valence-electron chi connectivity index (χ2n) is 6.16. The molecular formula is C20H18ClF3N2O4. The van der Waals surface area contributed by atoms with E-state index in [1.54, 1.807) is 24.3 Å². The van der Waals surface area contributed by atoms with Crippen LogP contribution < -0.4 is 10.6 Å². The highest BCUT2D eigenvalue weighted by molar-refractivity contribution is 6.30. The zero-order valence-electron chi connectivity index (χ0n) is 15.6. The molecule has 0 saturated heterocycles. The van der Waals surface area contributed by atoms with Crippen LogP contribution in [0.15, 0.2) is 48.5 Å². The summed E-state index contributed by atoms with van der Waals surface area (Å²) in [6, 6.07) is 11.0. The third kappa shape index (κ3) is 7.75. The molecule has 0 spiro atoms. The summed E-state index contributed by atoms with van der Waals surface area (Å²) in [4.78, 5) is 35.3. The smallest absolute Gasteiger partial charge is 0.418 e. The van der Waals surface area contributed by atoms with Crippen molar-refractivity contribution >= 4 is 40.8 Å².